The first-order valence-electron chi connectivity index (χ1n) is 8.08. The van der Waals surface area contributed by atoms with Crippen molar-refractivity contribution in [3.05, 3.63) is 101 Å². The van der Waals surface area contributed by atoms with Gasteiger partial charge in [-0.2, -0.15) is 12.8 Å². The van der Waals surface area contributed by atoms with Crippen LogP contribution in [0.15, 0.2) is 82.1 Å². The fraction of sp³-hybridized carbons (Fsp3) is 0.0500. The quantitative estimate of drug-likeness (QED) is 0.380. The normalized spacial score (nSPS) is 12.2. The maximum Gasteiger partial charge on any atom is 0.286 e. The summed E-state index contributed by atoms with van der Waals surface area (Å²) >= 11 is 7.07. The zero-order valence-electron chi connectivity index (χ0n) is 14.3. The molecule has 3 aromatic carbocycles. The molecule has 0 spiro atoms. The van der Waals surface area contributed by atoms with Crippen molar-refractivity contribution in [2.75, 3.05) is 0 Å². The van der Waals surface area contributed by atoms with Gasteiger partial charge in [0.25, 0.3) is 10.0 Å². The molecule has 0 aliphatic heterocycles. The molecule has 0 amide bonds. The van der Waals surface area contributed by atoms with Crippen LogP contribution in [-0.2, 0) is 15.8 Å². The van der Waals surface area contributed by atoms with Gasteiger partial charge in [-0.3, -0.25) is 0 Å². The van der Waals surface area contributed by atoms with Crippen molar-refractivity contribution in [2.24, 2.45) is 4.40 Å². The van der Waals surface area contributed by atoms with E-state index in [1.165, 1.54) is 11.8 Å². The van der Waals surface area contributed by atoms with Gasteiger partial charge in [0.1, 0.15) is 21.6 Å². The highest BCUT2D eigenvalue weighted by molar-refractivity contribution is 8.14. The molecule has 0 heterocycles. The van der Waals surface area contributed by atoms with Gasteiger partial charge in [0.05, 0.1) is 0 Å². The van der Waals surface area contributed by atoms with Crippen LogP contribution in [0.5, 0.6) is 0 Å². The minimum atomic E-state index is -4.36. The predicted molar refractivity (Wildman–Crippen MR) is 109 cm³/mol. The van der Waals surface area contributed by atoms with Crippen molar-refractivity contribution >= 4 is 38.4 Å². The summed E-state index contributed by atoms with van der Waals surface area (Å²) in [5, 5.41) is 0.805. The second kappa shape index (κ2) is 8.86. The smallest absolute Gasteiger partial charge is 0.207 e. The SMILES string of the molecule is O=S(=O)(N=C(SCc1ccc(Cl)cc1)c1ccccc1)c1ccc(F)cc1F. The van der Waals surface area contributed by atoms with Gasteiger partial charge in [0, 0.05) is 22.4 Å². The van der Waals surface area contributed by atoms with Crippen LogP contribution in [0.2, 0.25) is 5.02 Å². The monoisotopic (exact) mass is 437 g/mol. The van der Waals surface area contributed by atoms with E-state index in [1.54, 1.807) is 42.5 Å². The van der Waals surface area contributed by atoms with Crippen LogP contribution in [0.1, 0.15) is 11.1 Å². The number of rotatable bonds is 5. The average molecular weight is 438 g/mol. The average Bonchev–Trinajstić information content (AvgIpc) is 2.66. The standard InChI is InChI=1S/C20H14ClF2NO2S2/c21-16-8-6-14(7-9-16)13-27-20(15-4-2-1-3-5-15)24-28(25,26)19-11-10-17(22)12-18(19)23/h1-12H,13H2. The van der Waals surface area contributed by atoms with E-state index >= 15 is 0 Å². The molecule has 0 fully saturated rings. The Morgan fingerprint density at radius 1 is 0.964 bits per heavy atom. The number of hydrogen-bond donors (Lipinski definition) is 0. The number of sulfonamides is 1. The van der Waals surface area contributed by atoms with Gasteiger partial charge in [-0.25, -0.2) is 8.78 Å². The van der Waals surface area contributed by atoms with E-state index in [-0.39, 0.29) is 5.04 Å². The molecule has 8 heteroatoms. The summed E-state index contributed by atoms with van der Waals surface area (Å²) in [5.41, 5.74) is 1.50. The largest absolute Gasteiger partial charge is 0.286 e. The number of thioether (sulfide) groups is 1. The van der Waals surface area contributed by atoms with Crippen molar-refractivity contribution in [3.63, 3.8) is 0 Å². The van der Waals surface area contributed by atoms with Crippen LogP contribution >= 0.6 is 23.4 Å². The summed E-state index contributed by atoms with van der Waals surface area (Å²) in [7, 11) is -4.36. The summed E-state index contributed by atoms with van der Waals surface area (Å²) in [5.74, 6) is -1.61. The summed E-state index contributed by atoms with van der Waals surface area (Å²) in [4.78, 5) is -0.672. The summed E-state index contributed by atoms with van der Waals surface area (Å²) < 4.78 is 56.2. The fourth-order valence-corrected chi connectivity index (χ4v) is 4.72. The fourth-order valence-electron chi connectivity index (χ4n) is 2.32. The van der Waals surface area contributed by atoms with E-state index in [0.717, 1.165) is 17.7 Å². The van der Waals surface area contributed by atoms with Crippen molar-refractivity contribution in [3.8, 4) is 0 Å². The molecule has 0 radical (unpaired) electrons. The van der Waals surface area contributed by atoms with Crippen molar-refractivity contribution in [2.45, 2.75) is 10.6 Å². The third-order valence-corrected chi connectivity index (χ3v) is 6.44. The van der Waals surface area contributed by atoms with E-state index in [4.69, 9.17) is 11.6 Å². The van der Waals surface area contributed by atoms with Crippen LogP contribution in [0.3, 0.4) is 0 Å². The number of benzene rings is 3. The molecule has 144 valence electrons. The Morgan fingerprint density at radius 2 is 1.64 bits per heavy atom. The lowest BCUT2D eigenvalue weighted by molar-refractivity contribution is 0.550. The lowest BCUT2D eigenvalue weighted by atomic mass is 10.2. The molecule has 3 aromatic rings. The predicted octanol–water partition coefficient (Wildman–Crippen LogP) is 5.69. The van der Waals surface area contributed by atoms with E-state index in [0.29, 0.717) is 22.4 Å². The maximum atomic E-state index is 14.0. The van der Waals surface area contributed by atoms with Crippen LogP contribution in [0.25, 0.3) is 0 Å². The lowest BCUT2D eigenvalue weighted by Gasteiger charge is -2.08. The van der Waals surface area contributed by atoms with Crippen molar-refractivity contribution in [1.82, 2.24) is 0 Å². The third-order valence-electron chi connectivity index (χ3n) is 3.68. The molecule has 0 aliphatic rings. The zero-order valence-corrected chi connectivity index (χ0v) is 16.7. The van der Waals surface area contributed by atoms with Gasteiger partial charge in [0.15, 0.2) is 0 Å². The molecule has 0 bridgehead atoms. The molecule has 0 aliphatic carbocycles. The second-order valence-electron chi connectivity index (χ2n) is 5.73. The van der Waals surface area contributed by atoms with Crippen molar-refractivity contribution < 1.29 is 17.2 Å². The molecular formula is C20H14ClF2NO2S2. The number of halogens is 3. The molecular weight excluding hydrogens is 424 g/mol. The number of hydrogen-bond acceptors (Lipinski definition) is 3. The molecule has 28 heavy (non-hydrogen) atoms. The Labute approximate surface area is 171 Å². The van der Waals surface area contributed by atoms with Gasteiger partial charge < -0.3 is 0 Å². The molecule has 0 N–H and O–H groups in total. The van der Waals surface area contributed by atoms with Crippen LogP contribution < -0.4 is 0 Å². The summed E-state index contributed by atoms with van der Waals surface area (Å²) in [6.07, 6.45) is 0. The molecule has 3 nitrogen and oxygen atoms in total. The van der Waals surface area contributed by atoms with E-state index < -0.39 is 26.6 Å². The van der Waals surface area contributed by atoms with E-state index in [1.807, 2.05) is 12.1 Å². The first-order chi connectivity index (χ1) is 13.3. The maximum absolute atomic E-state index is 14.0. The number of nitrogens with zero attached hydrogens (tertiary/aromatic N) is 1. The molecule has 0 aromatic heterocycles. The zero-order chi connectivity index (χ0) is 20.1. The lowest BCUT2D eigenvalue weighted by Crippen LogP contribution is -2.06. The summed E-state index contributed by atoms with van der Waals surface area (Å²) in [6.45, 7) is 0. The minimum Gasteiger partial charge on any atom is -0.207 e. The van der Waals surface area contributed by atoms with Crippen LogP contribution in [-0.4, -0.2) is 13.5 Å². The van der Waals surface area contributed by atoms with E-state index in [2.05, 4.69) is 4.40 Å². The third kappa shape index (κ3) is 5.19. The Balaban J connectivity index is 1.97. The highest BCUT2D eigenvalue weighted by Gasteiger charge is 2.21. The van der Waals surface area contributed by atoms with Gasteiger partial charge >= 0.3 is 0 Å². The van der Waals surface area contributed by atoms with Gasteiger partial charge in [-0.15, -0.1) is 11.8 Å². The van der Waals surface area contributed by atoms with Crippen molar-refractivity contribution in [1.29, 1.82) is 0 Å². The molecule has 0 saturated heterocycles. The highest BCUT2D eigenvalue weighted by Crippen LogP contribution is 2.24. The minimum absolute atomic E-state index is 0.208. The molecule has 0 unspecified atom stereocenters. The van der Waals surface area contributed by atoms with Crippen LogP contribution in [0.4, 0.5) is 8.78 Å². The molecule has 0 atom stereocenters. The van der Waals surface area contributed by atoms with Gasteiger partial charge in [-0.05, 0) is 29.8 Å². The topological polar surface area (TPSA) is 46.5 Å². The van der Waals surface area contributed by atoms with Crippen LogP contribution in [0, 0.1) is 11.6 Å². The second-order valence-corrected chi connectivity index (χ2v) is 8.70. The Bertz CT molecular complexity index is 1100. The van der Waals surface area contributed by atoms with Gasteiger partial charge in [-0.1, -0.05) is 54.1 Å². The van der Waals surface area contributed by atoms with Gasteiger partial charge in [0.2, 0.25) is 0 Å². The Kier molecular flexibility index (Phi) is 6.49. The first kappa shape index (κ1) is 20.5. The first-order valence-corrected chi connectivity index (χ1v) is 10.9. The molecule has 3 rings (SSSR count). The summed E-state index contributed by atoms with van der Waals surface area (Å²) in [6, 6.07) is 18.1. The van der Waals surface area contributed by atoms with E-state index in [9.17, 15) is 17.2 Å². The Morgan fingerprint density at radius 3 is 2.29 bits per heavy atom. The Hall–Kier alpha value is -2.22. The molecule has 0 saturated carbocycles. The highest BCUT2D eigenvalue weighted by atomic mass is 35.5.